The molecular weight excluding hydrogens is 287 g/mol. The molecule has 5 nitrogen and oxygen atoms in total. The van der Waals surface area contributed by atoms with Gasteiger partial charge in [-0.25, -0.2) is 0 Å². The number of alkyl halides is 3. The molecule has 0 unspecified atom stereocenters. The summed E-state index contributed by atoms with van der Waals surface area (Å²) in [5.41, 5.74) is -1.50. The lowest BCUT2D eigenvalue weighted by Crippen LogP contribution is -2.35. The van der Waals surface area contributed by atoms with Gasteiger partial charge in [-0.2, -0.15) is 18.4 Å². The van der Waals surface area contributed by atoms with E-state index in [1.54, 1.807) is 6.07 Å². The van der Waals surface area contributed by atoms with Crippen LogP contribution in [0, 0.1) is 11.3 Å². The topological polar surface area (TPSA) is 82.0 Å². The van der Waals surface area contributed by atoms with Crippen LogP contribution in [0.4, 0.5) is 13.2 Å². The van der Waals surface area contributed by atoms with Crippen LogP contribution in [0.3, 0.4) is 0 Å². The standard InChI is InChI=1S/C13H12F3N3O2/c14-13(15,16)10-4-2-1-3-9(10)12(21)19-8-7-18-11(20)5-6-17/h1-4H,5,7-8H2,(H,18,20)(H,19,21). The molecule has 2 amide bonds. The average Bonchev–Trinajstić information content (AvgIpc) is 2.43. The molecule has 0 radical (unpaired) electrons. The molecule has 0 aliphatic heterocycles. The third-order valence-corrected chi connectivity index (χ3v) is 2.45. The number of nitriles is 1. The maximum absolute atomic E-state index is 12.7. The fourth-order valence-corrected chi connectivity index (χ4v) is 1.54. The Labute approximate surface area is 118 Å². The predicted octanol–water partition coefficient (Wildman–Crippen LogP) is 1.47. The molecule has 0 atom stereocenters. The molecule has 1 aromatic carbocycles. The largest absolute Gasteiger partial charge is 0.417 e. The lowest BCUT2D eigenvalue weighted by molar-refractivity contribution is -0.138. The lowest BCUT2D eigenvalue weighted by Gasteiger charge is -2.12. The minimum atomic E-state index is -4.62. The van der Waals surface area contributed by atoms with E-state index in [1.165, 1.54) is 12.1 Å². The SMILES string of the molecule is N#CCC(=O)NCCNC(=O)c1ccccc1C(F)(F)F. The summed E-state index contributed by atoms with van der Waals surface area (Å²) in [5, 5.41) is 12.9. The van der Waals surface area contributed by atoms with Crippen LogP contribution in [0.25, 0.3) is 0 Å². The first-order chi connectivity index (χ1) is 9.86. The lowest BCUT2D eigenvalue weighted by atomic mass is 10.1. The molecule has 2 N–H and O–H groups in total. The predicted molar refractivity (Wildman–Crippen MR) is 67.0 cm³/mol. The number of carbonyl (C=O) groups excluding carboxylic acids is 2. The van der Waals surface area contributed by atoms with E-state index in [-0.39, 0.29) is 19.5 Å². The maximum atomic E-state index is 12.7. The van der Waals surface area contributed by atoms with Gasteiger partial charge in [-0.15, -0.1) is 0 Å². The van der Waals surface area contributed by atoms with Crippen LogP contribution < -0.4 is 10.6 Å². The van der Waals surface area contributed by atoms with Crippen molar-refractivity contribution in [1.29, 1.82) is 5.26 Å². The first kappa shape index (κ1) is 16.5. The van der Waals surface area contributed by atoms with Crippen LogP contribution in [-0.4, -0.2) is 24.9 Å². The van der Waals surface area contributed by atoms with Gasteiger partial charge in [0.2, 0.25) is 5.91 Å². The number of hydrogen-bond donors (Lipinski definition) is 2. The van der Waals surface area contributed by atoms with Gasteiger partial charge in [-0.3, -0.25) is 9.59 Å². The van der Waals surface area contributed by atoms with Crippen LogP contribution in [0.1, 0.15) is 22.3 Å². The van der Waals surface area contributed by atoms with Crippen molar-refractivity contribution in [3.05, 3.63) is 35.4 Å². The van der Waals surface area contributed by atoms with Crippen molar-refractivity contribution in [2.75, 3.05) is 13.1 Å². The van der Waals surface area contributed by atoms with Crippen molar-refractivity contribution in [3.63, 3.8) is 0 Å². The molecule has 1 rings (SSSR count). The molecular formula is C13H12F3N3O2. The van der Waals surface area contributed by atoms with E-state index in [0.29, 0.717) is 0 Å². The highest BCUT2D eigenvalue weighted by molar-refractivity contribution is 5.95. The number of rotatable bonds is 5. The molecule has 0 bridgehead atoms. The summed E-state index contributed by atoms with van der Waals surface area (Å²) in [6.07, 6.45) is -4.93. The number of halogens is 3. The van der Waals surface area contributed by atoms with Gasteiger partial charge in [0, 0.05) is 13.1 Å². The van der Waals surface area contributed by atoms with Crippen LogP contribution in [0.15, 0.2) is 24.3 Å². The molecule has 0 aliphatic carbocycles. The summed E-state index contributed by atoms with van der Waals surface area (Å²) in [4.78, 5) is 22.7. The van der Waals surface area contributed by atoms with Crippen molar-refractivity contribution in [1.82, 2.24) is 10.6 Å². The number of amides is 2. The monoisotopic (exact) mass is 299 g/mol. The average molecular weight is 299 g/mol. The summed E-state index contributed by atoms with van der Waals surface area (Å²) in [6, 6.07) is 6.07. The molecule has 0 aromatic heterocycles. The summed E-state index contributed by atoms with van der Waals surface area (Å²) < 4.78 is 38.2. The Bertz CT molecular complexity index is 565. The second-order valence-electron chi connectivity index (χ2n) is 3.98. The minimum Gasteiger partial charge on any atom is -0.353 e. The number of nitrogens with zero attached hydrogens (tertiary/aromatic N) is 1. The Morgan fingerprint density at radius 2 is 1.76 bits per heavy atom. The minimum absolute atomic E-state index is 0.0282. The number of benzene rings is 1. The van der Waals surface area contributed by atoms with Gasteiger partial charge in [0.05, 0.1) is 17.2 Å². The van der Waals surface area contributed by atoms with Gasteiger partial charge < -0.3 is 10.6 Å². The van der Waals surface area contributed by atoms with Crippen LogP contribution in [-0.2, 0) is 11.0 Å². The zero-order chi connectivity index (χ0) is 15.9. The Kier molecular flexibility index (Phi) is 5.72. The van der Waals surface area contributed by atoms with E-state index >= 15 is 0 Å². The molecule has 8 heteroatoms. The van der Waals surface area contributed by atoms with E-state index in [4.69, 9.17) is 5.26 Å². The maximum Gasteiger partial charge on any atom is 0.417 e. The van der Waals surface area contributed by atoms with Crippen LogP contribution in [0.2, 0.25) is 0 Å². The molecule has 0 spiro atoms. The first-order valence-electron chi connectivity index (χ1n) is 5.94. The van der Waals surface area contributed by atoms with Gasteiger partial charge in [0.1, 0.15) is 6.42 Å². The molecule has 0 fully saturated rings. The summed E-state index contributed by atoms with van der Waals surface area (Å²) in [7, 11) is 0. The molecule has 0 aliphatic rings. The first-order valence-corrected chi connectivity index (χ1v) is 5.94. The zero-order valence-electron chi connectivity index (χ0n) is 10.8. The third kappa shape index (κ3) is 5.14. The zero-order valence-corrected chi connectivity index (χ0v) is 10.8. The Morgan fingerprint density at radius 3 is 2.38 bits per heavy atom. The van der Waals surface area contributed by atoms with Gasteiger partial charge >= 0.3 is 6.18 Å². The quantitative estimate of drug-likeness (QED) is 0.808. The van der Waals surface area contributed by atoms with Crippen molar-refractivity contribution < 1.29 is 22.8 Å². The molecule has 112 valence electrons. The molecule has 21 heavy (non-hydrogen) atoms. The van der Waals surface area contributed by atoms with E-state index in [2.05, 4.69) is 10.6 Å². The fraction of sp³-hybridized carbons (Fsp3) is 0.308. The Morgan fingerprint density at radius 1 is 1.14 bits per heavy atom. The molecule has 0 heterocycles. The van der Waals surface area contributed by atoms with Crippen molar-refractivity contribution in [3.8, 4) is 6.07 Å². The van der Waals surface area contributed by atoms with E-state index in [9.17, 15) is 22.8 Å². The highest BCUT2D eigenvalue weighted by atomic mass is 19.4. The summed E-state index contributed by atoms with van der Waals surface area (Å²) in [6.45, 7) is -0.0113. The Balaban J connectivity index is 2.58. The number of carbonyl (C=O) groups is 2. The molecule has 0 saturated heterocycles. The smallest absolute Gasteiger partial charge is 0.353 e. The fourth-order valence-electron chi connectivity index (χ4n) is 1.54. The van der Waals surface area contributed by atoms with E-state index in [1.807, 2.05) is 0 Å². The van der Waals surface area contributed by atoms with E-state index < -0.39 is 29.1 Å². The Hall–Kier alpha value is -2.56. The molecule has 1 aromatic rings. The highest BCUT2D eigenvalue weighted by Gasteiger charge is 2.34. The second-order valence-corrected chi connectivity index (χ2v) is 3.98. The summed E-state index contributed by atoms with van der Waals surface area (Å²) in [5.74, 6) is -1.39. The van der Waals surface area contributed by atoms with E-state index in [0.717, 1.165) is 12.1 Å². The van der Waals surface area contributed by atoms with Gasteiger partial charge in [0.15, 0.2) is 0 Å². The van der Waals surface area contributed by atoms with Crippen LogP contribution >= 0.6 is 0 Å². The van der Waals surface area contributed by atoms with Crippen molar-refractivity contribution in [2.45, 2.75) is 12.6 Å². The van der Waals surface area contributed by atoms with Gasteiger partial charge in [-0.1, -0.05) is 12.1 Å². The second kappa shape index (κ2) is 7.28. The van der Waals surface area contributed by atoms with Gasteiger partial charge in [0.25, 0.3) is 5.91 Å². The number of nitrogens with one attached hydrogen (secondary N) is 2. The molecule has 0 saturated carbocycles. The highest BCUT2D eigenvalue weighted by Crippen LogP contribution is 2.31. The summed E-state index contributed by atoms with van der Waals surface area (Å²) >= 11 is 0. The van der Waals surface area contributed by atoms with Crippen molar-refractivity contribution in [2.24, 2.45) is 0 Å². The number of hydrogen-bond acceptors (Lipinski definition) is 3. The van der Waals surface area contributed by atoms with Crippen LogP contribution in [0.5, 0.6) is 0 Å². The normalized spacial score (nSPS) is 10.6. The van der Waals surface area contributed by atoms with Crippen molar-refractivity contribution >= 4 is 11.8 Å². The van der Waals surface area contributed by atoms with Gasteiger partial charge in [-0.05, 0) is 12.1 Å². The third-order valence-electron chi connectivity index (χ3n) is 2.45.